The van der Waals surface area contributed by atoms with Crippen LogP contribution in [-0.2, 0) is 27.7 Å². The van der Waals surface area contributed by atoms with Gasteiger partial charge in [0.05, 0.1) is 0 Å². The Morgan fingerprint density at radius 2 is 0.827 bits per heavy atom. The van der Waals surface area contributed by atoms with Crippen LogP contribution in [0.4, 0.5) is 26.3 Å². The molecule has 6 rings (SSSR count). The molecule has 0 N–H and O–H groups in total. The van der Waals surface area contributed by atoms with Crippen molar-refractivity contribution in [3.63, 3.8) is 0 Å². The van der Waals surface area contributed by atoms with Crippen molar-refractivity contribution in [2.45, 2.75) is 74.3 Å². The van der Waals surface area contributed by atoms with Crippen molar-refractivity contribution in [2.75, 3.05) is 0 Å². The third-order valence-corrected chi connectivity index (χ3v) is 83.5. The molecular formula is C42H43Cl2F6HfSi. The van der Waals surface area contributed by atoms with Crippen LogP contribution in [-0.4, -0.2) is 5.98 Å². The summed E-state index contributed by atoms with van der Waals surface area (Å²) in [5, 5.41) is 0. The molecule has 4 aromatic rings. The normalized spacial score (nSPS) is 18.8. The molecule has 0 saturated heterocycles. The molecule has 2 aliphatic rings. The Labute approximate surface area is 311 Å². The van der Waals surface area contributed by atoms with E-state index in [4.69, 9.17) is 17.2 Å². The molecule has 0 spiro atoms. The number of benzene rings is 4. The molecule has 4 aromatic carbocycles. The fourth-order valence-electron chi connectivity index (χ4n) is 8.53. The number of rotatable bonds is 5. The summed E-state index contributed by atoms with van der Waals surface area (Å²) in [6.45, 7) is 16.9. The Balaban J connectivity index is 1.68. The molecule has 2 atom stereocenters. The quantitative estimate of drug-likeness (QED) is 0.138. The molecule has 0 fully saturated rings. The summed E-state index contributed by atoms with van der Waals surface area (Å²) in [6.07, 6.45) is -5.06. The monoisotopic (exact) mass is 939 g/mol. The molecule has 2 aliphatic carbocycles. The van der Waals surface area contributed by atoms with Crippen molar-refractivity contribution >= 4 is 35.3 Å². The first-order valence-electron chi connectivity index (χ1n) is 17.5. The zero-order chi connectivity index (χ0) is 38.4. The number of allylic oxidation sites excluding steroid dienone is 2. The Morgan fingerprint density at radius 3 is 1.13 bits per heavy atom. The first-order valence-corrected chi connectivity index (χ1v) is 39.6. The van der Waals surface area contributed by atoms with Gasteiger partial charge in [-0.15, -0.1) is 0 Å². The summed E-state index contributed by atoms with van der Waals surface area (Å²) in [4.78, 5) is 0. The van der Waals surface area contributed by atoms with Crippen molar-refractivity contribution in [1.82, 2.24) is 0 Å². The zero-order valence-electron chi connectivity index (χ0n) is 30.5. The van der Waals surface area contributed by atoms with Gasteiger partial charge < -0.3 is 0 Å². The standard InChI is InChI=1S/2C20H18F3.C2H7Si.2ClH.Hf/c2*1-19(2,3)14-11-13-7-6-9-15(17(13)12-14)16-8-4-5-10-18(16)20(21,22)23;1-3-2;;;/h2*4-12H,1-3H3;3H,1-2H3;2*1H;/q;;;;;+2/p-2. The van der Waals surface area contributed by atoms with Crippen LogP contribution in [0.15, 0.2) is 96.1 Å². The minimum absolute atomic E-state index is 0.0911. The number of alkyl halides is 6. The molecule has 0 amide bonds. The molecule has 0 heterocycles. The Morgan fingerprint density at radius 1 is 0.500 bits per heavy atom. The van der Waals surface area contributed by atoms with E-state index in [1.165, 1.54) is 24.3 Å². The predicted molar refractivity (Wildman–Crippen MR) is 205 cm³/mol. The average Bonchev–Trinajstić information content (AvgIpc) is 3.65. The summed E-state index contributed by atoms with van der Waals surface area (Å²) >= 11 is -5.69. The van der Waals surface area contributed by atoms with Crippen LogP contribution in [0.3, 0.4) is 0 Å². The molecular weight excluding hydrogens is 896 g/mol. The maximum atomic E-state index is 14.4. The zero-order valence-corrected chi connectivity index (χ0v) is 36.8. The molecule has 0 bridgehead atoms. The number of hydrogen-bond acceptors (Lipinski definition) is 0. The van der Waals surface area contributed by atoms with Crippen LogP contribution < -0.4 is 0 Å². The predicted octanol–water partition coefficient (Wildman–Crippen LogP) is 14.7. The Hall–Kier alpha value is -2.39. The fourth-order valence-corrected chi connectivity index (χ4v) is 53.1. The van der Waals surface area contributed by atoms with Crippen LogP contribution >= 0.6 is 17.2 Å². The second-order valence-corrected chi connectivity index (χ2v) is 75.9. The third kappa shape index (κ3) is 6.35. The number of hydrogen-bond donors (Lipinski definition) is 0. The van der Waals surface area contributed by atoms with Gasteiger partial charge in [-0.2, -0.15) is 0 Å². The van der Waals surface area contributed by atoms with Gasteiger partial charge >= 0.3 is 314 Å². The van der Waals surface area contributed by atoms with Gasteiger partial charge in [0.2, 0.25) is 0 Å². The topological polar surface area (TPSA) is 0 Å². The van der Waals surface area contributed by atoms with E-state index in [9.17, 15) is 26.3 Å². The van der Waals surface area contributed by atoms with E-state index >= 15 is 0 Å². The van der Waals surface area contributed by atoms with Crippen LogP contribution in [0.25, 0.3) is 34.4 Å². The third-order valence-electron chi connectivity index (χ3n) is 11.1. The van der Waals surface area contributed by atoms with E-state index in [1.54, 1.807) is 36.4 Å². The van der Waals surface area contributed by atoms with E-state index < -0.39 is 62.9 Å². The van der Waals surface area contributed by atoms with Crippen molar-refractivity contribution in [1.29, 1.82) is 0 Å². The second-order valence-electron chi connectivity index (χ2n) is 16.6. The van der Waals surface area contributed by atoms with Gasteiger partial charge in [-0.1, -0.05) is 0 Å². The van der Waals surface area contributed by atoms with Crippen LogP contribution in [0.5, 0.6) is 0 Å². The van der Waals surface area contributed by atoms with Crippen molar-refractivity contribution in [2.24, 2.45) is 10.8 Å². The second kappa shape index (κ2) is 12.8. The summed E-state index contributed by atoms with van der Waals surface area (Å²) < 4.78 is 85.6. The summed E-state index contributed by atoms with van der Waals surface area (Å²) in [6, 6.07) is 22.3. The van der Waals surface area contributed by atoms with Gasteiger partial charge in [-0.25, -0.2) is 0 Å². The fraction of sp³-hybridized carbons (Fsp3) is 0.333. The first-order chi connectivity index (χ1) is 23.9. The van der Waals surface area contributed by atoms with Gasteiger partial charge in [0.1, 0.15) is 0 Å². The van der Waals surface area contributed by atoms with E-state index in [-0.39, 0.29) is 11.1 Å². The Bertz CT molecular complexity index is 1980. The SMILES string of the molecule is C[SiH](C)[Hf]([Cl])([Cl])([CH]1C(C(C)(C)C)=Cc2c(-c3ccccc3C(F)(F)F)cccc21)[CH]1C(C(C)(C)C)=Cc2c(-c3ccccc3C(F)(F)F)cccc21. The number of halogens is 8. The average molecular weight is 939 g/mol. The number of fused-ring (bicyclic) bond motifs is 2. The maximum absolute atomic E-state index is 14.4. The van der Waals surface area contributed by atoms with Crippen LogP contribution in [0, 0.1) is 10.8 Å². The van der Waals surface area contributed by atoms with E-state index in [2.05, 4.69) is 54.6 Å². The molecule has 0 radical (unpaired) electrons. The molecule has 2 unspecified atom stereocenters. The van der Waals surface area contributed by atoms with Gasteiger partial charge in [-0.05, 0) is 0 Å². The summed E-state index contributed by atoms with van der Waals surface area (Å²) in [5.74, 6) is -2.10. The van der Waals surface area contributed by atoms with Crippen molar-refractivity contribution in [3.8, 4) is 22.3 Å². The van der Waals surface area contributed by atoms with E-state index in [0.29, 0.717) is 22.3 Å². The van der Waals surface area contributed by atoms with Gasteiger partial charge in [0, 0.05) is 0 Å². The molecule has 0 aromatic heterocycles. The Kier molecular flexibility index (Phi) is 9.71. The van der Waals surface area contributed by atoms with Crippen molar-refractivity contribution in [3.05, 3.63) is 129 Å². The van der Waals surface area contributed by atoms with Gasteiger partial charge in [0.15, 0.2) is 0 Å². The van der Waals surface area contributed by atoms with E-state index in [0.717, 1.165) is 34.4 Å². The minimum atomic E-state index is -5.69. The van der Waals surface area contributed by atoms with Gasteiger partial charge in [-0.3, -0.25) is 0 Å². The van der Waals surface area contributed by atoms with Crippen molar-refractivity contribution < 1.29 is 41.6 Å². The first kappa shape index (κ1) is 39.3. The molecule has 10 heteroatoms. The summed E-state index contributed by atoms with van der Waals surface area (Å²) in [5.41, 5.74) is 3.80. The molecule has 52 heavy (non-hydrogen) atoms. The molecule has 275 valence electrons. The van der Waals surface area contributed by atoms with Crippen LogP contribution in [0.1, 0.15) is 82.3 Å². The molecule has 0 saturated carbocycles. The molecule has 0 nitrogen and oxygen atoms in total. The van der Waals surface area contributed by atoms with Crippen LogP contribution in [0.2, 0.25) is 13.1 Å². The van der Waals surface area contributed by atoms with Gasteiger partial charge in [0.25, 0.3) is 0 Å². The molecule has 0 aliphatic heterocycles. The van der Waals surface area contributed by atoms with E-state index in [1.807, 2.05) is 24.3 Å². The summed E-state index contributed by atoms with van der Waals surface area (Å²) in [7, 11) is 17.2.